The average Bonchev–Trinajstić information content (AvgIpc) is 2.43. The van der Waals surface area contributed by atoms with Crippen LogP contribution in [0.1, 0.15) is 31.9 Å². The Morgan fingerprint density at radius 2 is 1.79 bits per heavy atom. The van der Waals surface area contributed by atoms with E-state index < -0.39 is 0 Å². The van der Waals surface area contributed by atoms with Crippen LogP contribution in [0.25, 0.3) is 5.57 Å². The number of allylic oxidation sites excluding steroid dienone is 2. The quantitative estimate of drug-likeness (QED) is 0.606. The first-order chi connectivity index (χ1) is 6.61. The number of hydrogen-bond acceptors (Lipinski definition) is 0. The fraction of sp³-hybridized carbons (Fsp3) is 0.385. The van der Waals surface area contributed by atoms with Gasteiger partial charge in [-0.05, 0) is 44.1 Å². The predicted molar refractivity (Wildman–Crippen MR) is 66.3 cm³/mol. The van der Waals surface area contributed by atoms with Crippen LogP contribution in [-0.4, -0.2) is 6.66 Å². The summed E-state index contributed by atoms with van der Waals surface area (Å²) in [5.74, 6) is 0. The van der Waals surface area contributed by atoms with Crippen molar-refractivity contribution in [1.82, 2.24) is 0 Å². The van der Waals surface area contributed by atoms with Crippen LogP contribution in [0, 0.1) is 0 Å². The smallest absolute Gasteiger partial charge is 0.0311 e. The summed E-state index contributed by atoms with van der Waals surface area (Å²) < 4.78 is 0. The molecule has 0 spiro atoms. The molecule has 1 aliphatic carbocycles. The van der Waals surface area contributed by atoms with Crippen LogP contribution in [0.5, 0.6) is 0 Å². The Morgan fingerprint density at radius 1 is 1.14 bits per heavy atom. The number of fused-ring (bicyclic) bond motifs is 1. The second-order valence-electron chi connectivity index (χ2n) is 4.17. The van der Waals surface area contributed by atoms with Crippen molar-refractivity contribution in [2.75, 3.05) is 6.66 Å². The van der Waals surface area contributed by atoms with Gasteiger partial charge in [0, 0.05) is 5.16 Å². The van der Waals surface area contributed by atoms with Crippen LogP contribution >= 0.6 is 8.58 Å². The molecule has 74 valence electrons. The van der Waals surface area contributed by atoms with E-state index in [0.717, 1.165) is 8.58 Å². The molecule has 2 unspecified atom stereocenters. The van der Waals surface area contributed by atoms with Gasteiger partial charge in [0.15, 0.2) is 0 Å². The van der Waals surface area contributed by atoms with E-state index in [9.17, 15) is 0 Å². The van der Waals surface area contributed by atoms with E-state index in [0.29, 0.717) is 5.16 Å². The fourth-order valence-electron chi connectivity index (χ4n) is 2.35. The van der Waals surface area contributed by atoms with Gasteiger partial charge in [-0.3, -0.25) is 0 Å². The molecule has 2 atom stereocenters. The highest BCUT2D eigenvalue weighted by atomic mass is 31.1. The van der Waals surface area contributed by atoms with Gasteiger partial charge in [0.05, 0.1) is 0 Å². The topological polar surface area (TPSA) is 0 Å². The molecule has 14 heavy (non-hydrogen) atoms. The summed E-state index contributed by atoms with van der Waals surface area (Å²) in [5.41, 5.74) is 6.02. The van der Waals surface area contributed by atoms with Gasteiger partial charge >= 0.3 is 0 Å². The maximum Gasteiger partial charge on any atom is 0.0311 e. The average molecular weight is 204 g/mol. The van der Waals surface area contributed by atoms with Crippen LogP contribution in [0.3, 0.4) is 0 Å². The summed E-state index contributed by atoms with van der Waals surface area (Å²) in [6.07, 6.45) is 0. The Labute approximate surface area is 88.2 Å². The van der Waals surface area contributed by atoms with Crippen molar-refractivity contribution in [3.8, 4) is 0 Å². The molecular weight excluding hydrogens is 187 g/mol. The van der Waals surface area contributed by atoms with E-state index in [2.05, 4.69) is 51.7 Å². The molecule has 0 amide bonds. The minimum Gasteiger partial charge on any atom is -0.110 e. The van der Waals surface area contributed by atoms with Gasteiger partial charge in [0.25, 0.3) is 0 Å². The van der Waals surface area contributed by atoms with E-state index >= 15 is 0 Å². The third-order valence-corrected chi connectivity index (χ3v) is 5.33. The minimum atomic E-state index is 0.306. The number of hydrogen-bond donors (Lipinski definition) is 0. The maximum absolute atomic E-state index is 2.37. The number of rotatable bonds is 1. The van der Waals surface area contributed by atoms with Crippen LogP contribution in [-0.2, 0) is 5.16 Å². The maximum atomic E-state index is 2.37. The van der Waals surface area contributed by atoms with E-state index in [4.69, 9.17) is 0 Å². The molecule has 0 saturated carbocycles. The molecular formula is C13H17P. The highest BCUT2D eigenvalue weighted by molar-refractivity contribution is 7.39. The van der Waals surface area contributed by atoms with E-state index in [-0.39, 0.29) is 0 Å². The molecule has 0 heterocycles. The molecule has 2 rings (SSSR count). The summed E-state index contributed by atoms with van der Waals surface area (Å²) in [6.45, 7) is 9.21. The second-order valence-corrected chi connectivity index (χ2v) is 5.67. The highest BCUT2D eigenvalue weighted by Crippen LogP contribution is 2.54. The molecule has 0 nitrogen and oxygen atoms in total. The van der Waals surface area contributed by atoms with E-state index in [1.165, 1.54) is 16.7 Å². The number of benzene rings is 1. The molecule has 1 aromatic rings. The summed E-state index contributed by atoms with van der Waals surface area (Å²) >= 11 is 0. The van der Waals surface area contributed by atoms with Gasteiger partial charge in [0.2, 0.25) is 0 Å². The van der Waals surface area contributed by atoms with Gasteiger partial charge in [0.1, 0.15) is 0 Å². The van der Waals surface area contributed by atoms with Crippen LogP contribution < -0.4 is 0 Å². The third-order valence-electron chi connectivity index (χ3n) is 3.68. The predicted octanol–water partition coefficient (Wildman–Crippen LogP) is 4.02. The Hall–Kier alpha value is -0.610. The van der Waals surface area contributed by atoms with Crippen molar-refractivity contribution in [2.45, 2.75) is 25.9 Å². The first-order valence-electron chi connectivity index (χ1n) is 5.08. The largest absolute Gasteiger partial charge is 0.110 e. The highest BCUT2D eigenvalue weighted by Gasteiger charge is 2.35. The van der Waals surface area contributed by atoms with Crippen molar-refractivity contribution >= 4 is 14.2 Å². The Bertz CT molecular complexity index is 403. The van der Waals surface area contributed by atoms with E-state index in [1.807, 2.05) is 0 Å². The fourth-order valence-corrected chi connectivity index (χ4v) is 3.40. The lowest BCUT2D eigenvalue weighted by Gasteiger charge is -2.26. The van der Waals surface area contributed by atoms with Crippen LogP contribution in [0.2, 0.25) is 0 Å². The molecule has 0 fully saturated rings. The van der Waals surface area contributed by atoms with Gasteiger partial charge in [-0.15, -0.1) is 8.58 Å². The molecule has 1 aromatic carbocycles. The molecule has 1 heteroatoms. The molecule has 0 radical (unpaired) electrons. The molecule has 0 saturated heterocycles. The van der Waals surface area contributed by atoms with Crippen molar-refractivity contribution in [3.63, 3.8) is 0 Å². The second kappa shape index (κ2) is 3.21. The molecule has 0 aromatic heterocycles. The Morgan fingerprint density at radius 3 is 2.43 bits per heavy atom. The molecule has 0 bridgehead atoms. The monoisotopic (exact) mass is 204 g/mol. The van der Waals surface area contributed by atoms with E-state index in [1.54, 1.807) is 5.57 Å². The van der Waals surface area contributed by atoms with Gasteiger partial charge in [-0.1, -0.05) is 29.8 Å². The van der Waals surface area contributed by atoms with Crippen molar-refractivity contribution in [2.24, 2.45) is 0 Å². The lowest BCUT2D eigenvalue weighted by molar-refractivity contribution is 0.830. The summed E-state index contributed by atoms with van der Waals surface area (Å²) in [4.78, 5) is 0. The normalized spacial score (nSPS) is 26.3. The van der Waals surface area contributed by atoms with Crippen molar-refractivity contribution < 1.29 is 0 Å². The summed E-state index contributed by atoms with van der Waals surface area (Å²) in [5, 5.41) is 0.306. The summed E-state index contributed by atoms with van der Waals surface area (Å²) in [7, 11) is 0.940. The van der Waals surface area contributed by atoms with Gasteiger partial charge < -0.3 is 0 Å². The SMILES string of the molecule is CPC1(C)C(C)=C(C)c2ccccc21. The summed E-state index contributed by atoms with van der Waals surface area (Å²) in [6, 6.07) is 8.83. The molecule has 0 N–H and O–H groups in total. The first-order valence-corrected chi connectivity index (χ1v) is 6.58. The van der Waals surface area contributed by atoms with Gasteiger partial charge in [-0.25, -0.2) is 0 Å². The Balaban J connectivity index is 2.70. The zero-order chi connectivity index (χ0) is 10.3. The van der Waals surface area contributed by atoms with Crippen molar-refractivity contribution in [1.29, 1.82) is 0 Å². The zero-order valence-electron chi connectivity index (χ0n) is 9.31. The minimum absolute atomic E-state index is 0.306. The standard InChI is InChI=1S/C13H17P/c1-9-10(2)13(3,14-4)12-8-6-5-7-11(9)12/h5-8,14H,1-4H3. The van der Waals surface area contributed by atoms with Crippen LogP contribution in [0.15, 0.2) is 29.8 Å². The Kier molecular flexibility index (Phi) is 2.27. The van der Waals surface area contributed by atoms with Crippen molar-refractivity contribution in [3.05, 3.63) is 41.0 Å². The molecule has 0 aliphatic heterocycles. The lowest BCUT2D eigenvalue weighted by Crippen LogP contribution is -2.13. The lowest BCUT2D eigenvalue weighted by atomic mass is 9.98. The third kappa shape index (κ3) is 1.10. The molecule has 1 aliphatic rings. The van der Waals surface area contributed by atoms with Gasteiger partial charge in [-0.2, -0.15) is 0 Å². The van der Waals surface area contributed by atoms with Crippen LogP contribution in [0.4, 0.5) is 0 Å². The zero-order valence-corrected chi connectivity index (χ0v) is 10.3. The first kappa shape index (κ1) is 9.93.